The molecule has 7 nitrogen and oxygen atoms in total. The van der Waals surface area contributed by atoms with Crippen LogP contribution in [0.3, 0.4) is 0 Å². The van der Waals surface area contributed by atoms with Crippen molar-refractivity contribution in [3.63, 3.8) is 0 Å². The number of likely N-dealkylation sites (tertiary alicyclic amines) is 1. The van der Waals surface area contributed by atoms with E-state index in [1.807, 2.05) is 30.3 Å². The van der Waals surface area contributed by atoms with Crippen molar-refractivity contribution in [2.75, 3.05) is 19.7 Å². The minimum Gasteiger partial charge on any atom is -0.493 e. The van der Waals surface area contributed by atoms with E-state index in [2.05, 4.69) is 5.16 Å². The molecular weight excluding hydrogens is 310 g/mol. The maximum absolute atomic E-state index is 12.5. The summed E-state index contributed by atoms with van der Waals surface area (Å²) in [6, 6.07) is 10.9. The van der Waals surface area contributed by atoms with E-state index in [0.717, 1.165) is 5.75 Å². The standard InChI is InChI=1S/C17H19N3O4/c1-11-7-15(19-24-11)17(22)20-8-12(14(9-20)16(18)21)10-23-13-5-3-2-4-6-13/h2-7,12,14H,8-10H2,1H3,(H2,18,21)/t12-,14+/m0/s1. The third-order valence-corrected chi connectivity index (χ3v) is 4.15. The molecule has 3 rings (SSSR count). The Morgan fingerprint density at radius 3 is 2.71 bits per heavy atom. The Hall–Kier alpha value is -2.83. The molecule has 0 bridgehead atoms. The molecule has 2 N–H and O–H groups in total. The van der Waals surface area contributed by atoms with E-state index in [1.54, 1.807) is 17.9 Å². The largest absolute Gasteiger partial charge is 0.493 e. The molecule has 0 saturated carbocycles. The predicted octanol–water partition coefficient (Wildman–Crippen LogP) is 1.24. The van der Waals surface area contributed by atoms with Crippen LogP contribution in [0.2, 0.25) is 0 Å². The van der Waals surface area contributed by atoms with E-state index >= 15 is 0 Å². The zero-order valence-electron chi connectivity index (χ0n) is 13.3. The van der Waals surface area contributed by atoms with Crippen LogP contribution in [0.4, 0.5) is 0 Å². The van der Waals surface area contributed by atoms with Crippen molar-refractivity contribution in [2.45, 2.75) is 6.92 Å². The fourth-order valence-corrected chi connectivity index (χ4v) is 2.88. The molecule has 1 fully saturated rings. The van der Waals surface area contributed by atoms with Crippen LogP contribution in [0.25, 0.3) is 0 Å². The topological polar surface area (TPSA) is 98.7 Å². The number of carbonyl (C=O) groups is 2. The Bertz CT molecular complexity index is 728. The molecule has 7 heteroatoms. The van der Waals surface area contributed by atoms with Gasteiger partial charge in [0.25, 0.3) is 5.91 Å². The Kier molecular flexibility index (Phi) is 4.50. The zero-order chi connectivity index (χ0) is 17.1. The van der Waals surface area contributed by atoms with E-state index in [-0.39, 0.29) is 24.1 Å². The van der Waals surface area contributed by atoms with Crippen LogP contribution in [0.5, 0.6) is 5.75 Å². The zero-order valence-corrected chi connectivity index (χ0v) is 13.3. The average Bonchev–Trinajstić information content (AvgIpc) is 3.20. The van der Waals surface area contributed by atoms with Crippen molar-refractivity contribution in [1.82, 2.24) is 10.1 Å². The summed E-state index contributed by atoms with van der Waals surface area (Å²) in [4.78, 5) is 25.8. The molecule has 0 unspecified atom stereocenters. The van der Waals surface area contributed by atoms with Crippen LogP contribution >= 0.6 is 0 Å². The molecule has 2 heterocycles. The average molecular weight is 329 g/mol. The first-order valence-electron chi connectivity index (χ1n) is 7.74. The van der Waals surface area contributed by atoms with Crippen LogP contribution in [-0.4, -0.2) is 41.6 Å². The molecule has 0 spiro atoms. The molecule has 126 valence electrons. The highest BCUT2D eigenvalue weighted by Crippen LogP contribution is 2.26. The van der Waals surface area contributed by atoms with Gasteiger partial charge in [0, 0.05) is 25.1 Å². The van der Waals surface area contributed by atoms with E-state index in [9.17, 15) is 9.59 Å². The van der Waals surface area contributed by atoms with Crippen molar-refractivity contribution in [2.24, 2.45) is 17.6 Å². The van der Waals surface area contributed by atoms with Crippen LogP contribution in [0, 0.1) is 18.8 Å². The van der Waals surface area contributed by atoms with Gasteiger partial charge in [-0.05, 0) is 19.1 Å². The van der Waals surface area contributed by atoms with Crippen LogP contribution in [0.1, 0.15) is 16.2 Å². The lowest BCUT2D eigenvalue weighted by Gasteiger charge is -2.16. The number of ether oxygens (including phenoxy) is 1. The lowest BCUT2D eigenvalue weighted by molar-refractivity contribution is -0.122. The number of rotatable bonds is 5. The molecule has 2 amide bonds. The predicted molar refractivity (Wildman–Crippen MR) is 85.3 cm³/mol. The Morgan fingerprint density at radius 2 is 2.08 bits per heavy atom. The summed E-state index contributed by atoms with van der Waals surface area (Å²) in [5.74, 6) is -0.000461. The van der Waals surface area contributed by atoms with Gasteiger partial charge < -0.3 is 19.9 Å². The fourth-order valence-electron chi connectivity index (χ4n) is 2.88. The summed E-state index contributed by atoms with van der Waals surface area (Å²) >= 11 is 0. The van der Waals surface area contributed by atoms with Gasteiger partial charge in [-0.1, -0.05) is 23.4 Å². The number of nitrogens with zero attached hydrogens (tertiary/aromatic N) is 2. The van der Waals surface area contributed by atoms with Gasteiger partial charge in [0.1, 0.15) is 11.5 Å². The van der Waals surface area contributed by atoms with Crippen molar-refractivity contribution in [3.05, 3.63) is 47.9 Å². The molecule has 2 aromatic rings. The minimum absolute atomic E-state index is 0.153. The van der Waals surface area contributed by atoms with Gasteiger partial charge in [-0.3, -0.25) is 9.59 Å². The molecule has 1 saturated heterocycles. The number of primary amides is 1. The summed E-state index contributed by atoms with van der Waals surface area (Å²) in [6.07, 6.45) is 0. The van der Waals surface area contributed by atoms with Gasteiger partial charge in [0.05, 0.1) is 12.5 Å². The molecule has 1 aliphatic rings. The van der Waals surface area contributed by atoms with Crippen molar-refractivity contribution in [3.8, 4) is 5.75 Å². The van der Waals surface area contributed by atoms with Crippen molar-refractivity contribution in [1.29, 1.82) is 0 Å². The fraction of sp³-hybridized carbons (Fsp3) is 0.353. The molecule has 1 aliphatic heterocycles. The first kappa shape index (κ1) is 16.0. The first-order valence-corrected chi connectivity index (χ1v) is 7.74. The highest BCUT2D eigenvalue weighted by Gasteiger charge is 2.39. The van der Waals surface area contributed by atoms with E-state index in [0.29, 0.717) is 18.9 Å². The number of hydrogen-bond donors (Lipinski definition) is 1. The number of benzene rings is 1. The van der Waals surface area contributed by atoms with Crippen molar-refractivity contribution >= 4 is 11.8 Å². The summed E-state index contributed by atoms with van der Waals surface area (Å²) in [5, 5.41) is 3.74. The van der Waals surface area contributed by atoms with Gasteiger partial charge in [-0.15, -0.1) is 0 Å². The second kappa shape index (κ2) is 6.74. The Balaban J connectivity index is 1.67. The molecule has 0 radical (unpaired) electrons. The smallest absolute Gasteiger partial charge is 0.276 e. The van der Waals surface area contributed by atoms with Gasteiger partial charge in [-0.2, -0.15) is 0 Å². The summed E-state index contributed by atoms with van der Waals surface area (Å²) in [5.41, 5.74) is 5.73. The molecule has 1 aromatic carbocycles. The molecular formula is C17H19N3O4. The second-order valence-corrected chi connectivity index (χ2v) is 5.93. The molecule has 24 heavy (non-hydrogen) atoms. The number of aromatic nitrogens is 1. The minimum atomic E-state index is -0.439. The summed E-state index contributed by atoms with van der Waals surface area (Å²) < 4.78 is 10.7. The van der Waals surface area contributed by atoms with Gasteiger partial charge in [0.15, 0.2) is 5.69 Å². The monoisotopic (exact) mass is 329 g/mol. The third-order valence-electron chi connectivity index (χ3n) is 4.15. The highest BCUT2D eigenvalue weighted by atomic mass is 16.5. The lowest BCUT2D eigenvalue weighted by Crippen LogP contribution is -2.33. The quantitative estimate of drug-likeness (QED) is 0.889. The number of hydrogen-bond acceptors (Lipinski definition) is 5. The van der Waals surface area contributed by atoms with Crippen LogP contribution < -0.4 is 10.5 Å². The van der Waals surface area contributed by atoms with E-state index < -0.39 is 11.8 Å². The van der Waals surface area contributed by atoms with Gasteiger partial charge in [0.2, 0.25) is 5.91 Å². The maximum Gasteiger partial charge on any atom is 0.276 e. The van der Waals surface area contributed by atoms with Crippen LogP contribution in [-0.2, 0) is 4.79 Å². The Morgan fingerprint density at radius 1 is 1.33 bits per heavy atom. The van der Waals surface area contributed by atoms with E-state index in [4.69, 9.17) is 15.0 Å². The lowest BCUT2D eigenvalue weighted by atomic mass is 9.96. The number of amides is 2. The van der Waals surface area contributed by atoms with Gasteiger partial charge in [-0.25, -0.2) is 0 Å². The SMILES string of the molecule is Cc1cc(C(=O)N2C[C@@H](COc3ccccc3)[C@H](C(N)=O)C2)no1. The summed E-state index contributed by atoms with van der Waals surface area (Å²) in [6.45, 7) is 2.70. The number of aryl methyl sites for hydroxylation is 1. The van der Waals surface area contributed by atoms with Gasteiger partial charge >= 0.3 is 0 Å². The maximum atomic E-state index is 12.5. The molecule has 1 aromatic heterocycles. The number of nitrogens with two attached hydrogens (primary N) is 1. The normalized spacial score (nSPS) is 20.1. The highest BCUT2D eigenvalue weighted by molar-refractivity contribution is 5.93. The Labute approximate surface area is 139 Å². The first-order chi connectivity index (χ1) is 11.5. The second-order valence-electron chi connectivity index (χ2n) is 5.93. The summed E-state index contributed by atoms with van der Waals surface area (Å²) in [7, 11) is 0. The third kappa shape index (κ3) is 3.40. The molecule has 0 aliphatic carbocycles. The number of para-hydroxylation sites is 1. The van der Waals surface area contributed by atoms with Crippen LogP contribution in [0.15, 0.2) is 40.9 Å². The van der Waals surface area contributed by atoms with E-state index in [1.165, 1.54) is 0 Å². The number of carbonyl (C=O) groups excluding carboxylic acids is 2. The van der Waals surface area contributed by atoms with Crippen molar-refractivity contribution < 1.29 is 18.8 Å². The molecule has 2 atom stereocenters.